The van der Waals surface area contributed by atoms with Gasteiger partial charge >= 0.3 is 0 Å². The smallest absolute Gasteiger partial charge is 0.242 e. The number of benzene rings is 1. The second kappa shape index (κ2) is 9.45. The number of rotatable bonds is 5. The van der Waals surface area contributed by atoms with E-state index in [-0.39, 0.29) is 36.3 Å². The first kappa shape index (κ1) is 22.1. The molecule has 4 atom stereocenters. The summed E-state index contributed by atoms with van der Waals surface area (Å²) in [5.74, 6) is 0.484. The summed E-state index contributed by atoms with van der Waals surface area (Å²) in [5.41, 5.74) is 8.91. The number of carbonyl (C=O) groups is 2. The molecule has 1 saturated heterocycles. The lowest BCUT2D eigenvalue weighted by atomic mass is 9.96. The Morgan fingerprint density at radius 2 is 1.97 bits per heavy atom. The third-order valence-electron chi connectivity index (χ3n) is 5.86. The zero-order valence-corrected chi connectivity index (χ0v) is 17.7. The van der Waals surface area contributed by atoms with Gasteiger partial charge in [0.25, 0.3) is 0 Å². The topological polar surface area (TPSA) is 109 Å². The molecule has 30 heavy (non-hydrogen) atoms. The van der Waals surface area contributed by atoms with Gasteiger partial charge in [-0.25, -0.2) is 4.98 Å². The maximum atomic E-state index is 12.6. The molecule has 7 nitrogen and oxygen atoms in total. The maximum absolute atomic E-state index is 12.6. The van der Waals surface area contributed by atoms with Gasteiger partial charge < -0.3 is 21.7 Å². The van der Waals surface area contributed by atoms with Crippen LogP contribution in [0, 0.1) is 0 Å². The summed E-state index contributed by atoms with van der Waals surface area (Å²) in [6.07, 6.45) is 2.31. The molecule has 1 aliphatic heterocycles. The predicted molar refractivity (Wildman–Crippen MR) is 118 cm³/mol. The SMILES string of the molecule is C[C@H](NC(=O)[C@H]1C[C@H](c2ccccc2)CN1)C(=O)N[C@H]1CCc2nc(N)ccc21.Cl. The molecule has 0 unspecified atom stereocenters. The number of anilines is 1. The van der Waals surface area contributed by atoms with E-state index in [1.165, 1.54) is 5.56 Å². The van der Waals surface area contributed by atoms with Crippen molar-refractivity contribution in [3.63, 3.8) is 0 Å². The van der Waals surface area contributed by atoms with Gasteiger partial charge in [0.15, 0.2) is 0 Å². The van der Waals surface area contributed by atoms with Crippen LogP contribution >= 0.6 is 12.4 Å². The van der Waals surface area contributed by atoms with Crippen molar-refractivity contribution < 1.29 is 9.59 Å². The summed E-state index contributed by atoms with van der Waals surface area (Å²) < 4.78 is 0. The van der Waals surface area contributed by atoms with Crippen molar-refractivity contribution in [1.29, 1.82) is 0 Å². The van der Waals surface area contributed by atoms with E-state index in [1.54, 1.807) is 13.0 Å². The van der Waals surface area contributed by atoms with Crippen molar-refractivity contribution in [3.8, 4) is 0 Å². The van der Waals surface area contributed by atoms with Gasteiger partial charge in [0, 0.05) is 12.2 Å². The molecule has 2 aliphatic rings. The minimum absolute atomic E-state index is 0. The molecular weight excluding hydrogens is 402 g/mol. The minimum Gasteiger partial charge on any atom is -0.384 e. The third-order valence-corrected chi connectivity index (χ3v) is 5.86. The van der Waals surface area contributed by atoms with Gasteiger partial charge in [-0.2, -0.15) is 0 Å². The Bertz CT molecular complexity index is 908. The monoisotopic (exact) mass is 429 g/mol. The van der Waals surface area contributed by atoms with Gasteiger partial charge in [-0.15, -0.1) is 12.4 Å². The van der Waals surface area contributed by atoms with Crippen LogP contribution in [-0.4, -0.2) is 35.4 Å². The Morgan fingerprint density at radius 1 is 1.20 bits per heavy atom. The number of amides is 2. The number of nitrogens with one attached hydrogen (secondary N) is 3. The minimum atomic E-state index is -0.606. The van der Waals surface area contributed by atoms with Gasteiger partial charge in [-0.3, -0.25) is 9.59 Å². The third kappa shape index (κ3) is 4.74. The number of hydrogen-bond donors (Lipinski definition) is 4. The van der Waals surface area contributed by atoms with Crippen molar-refractivity contribution in [3.05, 3.63) is 59.3 Å². The molecular formula is C22H28ClN5O2. The summed E-state index contributed by atoms with van der Waals surface area (Å²) in [5, 5.41) is 9.16. The first-order valence-electron chi connectivity index (χ1n) is 10.2. The molecule has 0 bridgehead atoms. The van der Waals surface area contributed by atoms with Crippen LogP contribution in [0.1, 0.15) is 48.5 Å². The summed E-state index contributed by atoms with van der Waals surface area (Å²) in [7, 11) is 0. The number of nitrogens with zero attached hydrogens (tertiary/aromatic N) is 1. The van der Waals surface area contributed by atoms with Gasteiger partial charge in [0.05, 0.1) is 12.1 Å². The number of hydrogen-bond acceptors (Lipinski definition) is 5. The molecule has 160 valence electrons. The number of pyridine rings is 1. The van der Waals surface area contributed by atoms with E-state index < -0.39 is 6.04 Å². The highest BCUT2D eigenvalue weighted by atomic mass is 35.5. The molecule has 1 fully saturated rings. The van der Waals surface area contributed by atoms with Gasteiger partial charge in [-0.05, 0) is 49.3 Å². The van der Waals surface area contributed by atoms with Crippen LogP contribution in [0.5, 0.6) is 0 Å². The zero-order chi connectivity index (χ0) is 20.4. The van der Waals surface area contributed by atoms with Crippen molar-refractivity contribution in [2.45, 2.75) is 50.2 Å². The summed E-state index contributed by atoms with van der Waals surface area (Å²) >= 11 is 0. The lowest BCUT2D eigenvalue weighted by molar-refractivity contribution is -0.129. The highest BCUT2D eigenvalue weighted by Gasteiger charge is 2.32. The Kier molecular flexibility index (Phi) is 6.95. The van der Waals surface area contributed by atoms with Gasteiger partial charge in [-0.1, -0.05) is 36.4 Å². The second-order valence-electron chi connectivity index (χ2n) is 7.91. The molecule has 2 amide bonds. The largest absolute Gasteiger partial charge is 0.384 e. The van der Waals surface area contributed by atoms with E-state index in [4.69, 9.17) is 5.73 Å². The van der Waals surface area contributed by atoms with Crippen molar-refractivity contribution in [2.24, 2.45) is 0 Å². The Hall–Kier alpha value is -2.64. The number of fused-ring (bicyclic) bond motifs is 1. The highest BCUT2D eigenvalue weighted by molar-refractivity contribution is 5.90. The summed E-state index contributed by atoms with van der Waals surface area (Å²) in [4.78, 5) is 29.6. The number of aryl methyl sites for hydroxylation is 1. The molecule has 0 spiro atoms. The first-order valence-corrected chi connectivity index (χ1v) is 10.2. The number of aromatic nitrogens is 1. The Labute approximate surface area is 182 Å². The lowest BCUT2D eigenvalue weighted by Gasteiger charge is -2.20. The Balaban J connectivity index is 0.00000256. The van der Waals surface area contributed by atoms with Gasteiger partial charge in [0.1, 0.15) is 11.9 Å². The molecule has 1 aromatic carbocycles. The highest BCUT2D eigenvalue weighted by Crippen LogP contribution is 2.30. The van der Waals surface area contributed by atoms with Crippen LogP contribution in [0.25, 0.3) is 0 Å². The number of halogens is 1. The fraction of sp³-hybridized carbons (Fsp3) is 0.409. The fourth-order valence-electron chi connectivity index (χ4n) is 4.22. The molecule has 1 aliphatic carbocycles. The van der Waals surface area contributed by atoms with Crippen molar-refractivity contribution in [2.75, 3.05) is 12.3 Å². The predicted octanol–water partition coefficient (Wildman–Crippen LogP) is 1.84. The molecule has 0 saturated carbocycles. The number of nitrogen functional groups attached to an aromatic ring is 1. The van der Waals surface area contributed by atoms with Crippen LogP contribution < -0.4 is 21.7 Å². The lowest BCUT2D eigenvalue weighted by Crippen LogP contribution is -2.50. The quantitative estimate of drug-likeness (QED) is 0.579. The van der Waals surface area contributed by atoms with Gasteiger partial charge in [0.2, 0.25) is 11.8 Å². The van der Waals surface area contributed by atoms with E-state index >= 15 is 0 Å². The summed E-state index contributed by atoms with van der Waals surface area (Å²) in [6.45, 7) is 2.48. The van der Waals surface area contributed by atoms with Crippen molar-refractivity contribution >= 4 is 30.0 Å². The zero-order valence-electron chi connectivity index (χ0n) is 16.9. The van der Waals surface area contributed by atoms with Crippen LogP contribution in [0.2, 0.25) is 0 Å². The average molecular weight is 430 g/mol. The van der Waals surface area contributed by atoms with E-state index in [9.17, 15) is 9.59 Å². The normalized spacial score (nSPS) is 23.2. The molecule has 0 radical (unpaired) electrons. The standard InChI is InChI=1S/C22H27N5O2.ClH/c1-13(21(28)27-18-9-8-17-16(18)7-10-20(23)26-17)25-22(29)19-11-15(12-24-19)14-5-3-2-4-6-14;/h2-7,10,13,15,18-19,24H,8-9,11-12H2,1H3,(H2,23,26)(H,25,29)(H,27,28);1H/t13-,15-,18-,19+;/m0./s1. The van der Waals surface area contributed by atoms with E-state index in [1.807, 2.05) is 24.3 Å². The van der Waals surface area contributed by atoms with Crippen LogP contribution in [-0.2, 0) is 16.0 Å². The molecule has 5 N–H and O–H groups in total. The Morgan fingerprint density at radius 3 is 2.73 bits per heavy atom. The van der Waals surface area contributed by atoms with E-state index in [0.717, 1.165) is 37.1 Å². The van der Waals surface area contributed by atoms with Crippen LogP contribution in [0.4, 0.5) is 5.82 Å². The van der Waals surface area contributed by atoms with E-state index in [2.05, 4.69) is 33.1 Å². The van der Waals surface area contributed by atoms with E-state index in [0.29, 0.717) is 11.7 Å². The first-order chi connectivity index (χ1) is 14.0. The van der Waals surface area contributed by atoms with Crippen LogP contribution in [0.15, 0.2) is 42.5 Å². The molecule has 4 rings (SSSR count). The molecule has 2 aromatic rings. The number of nitrogens with two attached hydrogens (primary N) is 1. The second-order valence-corrected chi connectivity index (χ2v) is 7.91. The molecule has 2 heterocycles. The average Bonchev–Trinajstić information content (AvgIpc) is 3.36. The van der Waals surface area contributed by atoms with Crippen molar-refractivity contribution in [1.82, 2.24) is 20.9 Å². The maximum Gasteiger partial charge on any atom is 0.242 e. The number of carbonyl (C=O) groups excluding carboxylic acids is 2. The van der Waals surface area contributed by atoms with Crippen LogP contribution in [0.3, 0.4) is 0 Å². The molecule has 8 heteroatoms. The fourth-order valence-corrected chi connectivity index (χ4v) is 4.22. The molecule has 1 aromatic heterocycles. The summed E-state index contributed by atoms with van der Waals surface area (Å²) in [6, 6.07) is 12.9.